The van der Waals surface area contributed by atoms with Crippen molar-refractivity contribution in [3.8, 4) is 0 Å². The van der Waals surface area contributed by atoms with Crippen LogP contribution in [0.25, 0.3) is 10.9 Å². The van der Waals surface area contributed by atoms with Crippen LogP contribution in [-0.4, -0.2) is 55.6 Å². The summed E-state index contributed by atoms with van der Waals surface area (Å²) in [4.78, 5) is 40.9. The van der Waals surface area contributed by atoms with Crippen LogP contribution in [0.4, 0.5) is 0 Å². The van der Waals surface area contributed by atoms with Crippen molar-refractivity contribution in [2.75, 3.05) is 13.1 Å². The molecule has 1 aliphatic rings. The molecule has 4 aromatic rings. The van der Waals surface area contributed by atoms with Crippen molar-refractivity contribution >= 4 is 28.7 Å². The van der Waals surface area contributed by atoms with Gasteiger partial charge in [0.05, 0.1) is 17.3 Å². The van der Waals surface area contributed by atoms with E-state index >= 15 is 0 Å². The van der Waals surface area contributed by atoms with Gasteiger partial charge < -0.3 is 15.7 Å². The third-order valence-electron chi connectivity index (χ3n) is 6.65. The third-order valence-corrected chi connectivity index (χ3v) is 6.65. The van der Waals surface area contributed by atoms with Crippen molar-refractivity contribution in [3.63, 3.8) is 0 Å². The normalized spacial score (nSPS) is 15.3. The first-order valence-corrected chi connectivity index (χ1v) is 12.5. The molecule has 3 heterocycles. The zero-order valence-electron chi connectivity index (χ0n) is 21.3. The molecule has 1 aliphatic heterocycles. The van der Waals surface area contributed by atoms with Gasteiger partial charge in [0, 0.05) is 49.0 Å². The molecule has 1 atom stereocenters. The summed E-state index contributed by atoms with van der Waals surface area (Å²) in [7, 11) is 1.67. The minimum Gasteiger partial charge on any atom is -0.478 e. The summed E-state index contributed by atoms with van der Waals surface area (Å²) in [5.41, 5.74) is 8.73. The summed E-state index contributed by atoms with van der Waals surface area (Å²) in [5, 5.41) is 13.2. The highest BCUT2D eigenvalue weighted by Gasteiger charge is 2.22. The van der Waals surface area contributed by atoms with Crippen molar-refractivity contribution < 1.29 is 19.5 Å². The summed E-state index contributed by atoms with van der Waals surface area (Å²) in [6.07, 6.45) is 8.76. The number of benzene rings is 2. The molecule has 9 heteroatoms. The Morgan fingerprint density at radius 2 is 1.76 bits per heavy atom. The number of likely N-dealkylation sites (tertiary alicyclic amines) is 1. The van der Waals surface area contributed by atoms with E-state index < -0.39 is 11.9 Å². The predicted octanol–water partition coefficient (Wildman–Crippen LogP) is 3.94. The first-order valence-electron chi connectivity index (χ1n) is 12.5. The minimum atomic E-state index is -0.942. The maximum absolute atomic E-state index is 12.9. The van der Waals surface area contributed by atoms with E-state index in [4.69, 9.17) is 10.8 Å². The van der Waals surface area contributed by atoms with E-state index in [1.807, 2.05) is 29.3 Å². The number of carbonyl (C=O) groups excluding carboxylic acids is 2. The van der Waals surface area contributed by atoms with Gasteiger partial charge in [-0.25, -0.2) is 4.79 Å². The number of aryl methyl sites for hydroxylation is 1. The quantitative estimate of drug-likeness (QED) is 0.416. The van der Waals surface area contributed by atoms with Crippen molar-refractivity contribution in [1.29, 1.82) is 0 Å². The number of para-hydroxylation sites is 1. The molecule has 0 spiro atoms. The zero-order chi connectivity index (χ0) is 27.1. The number of aromatic carboxylic acids is 1. The van der Waals surface area contributed by atoms with Gasteiger partial charge in [0.2, 0.25) is 5.91 Å². The number of hydrogen-bond acceptors (Lipinski definition) is 5. The Balaban J connectivity index is 0.000000317. The van der Waals surface area contributed by atoms with E-state index in [0.29, 0.717) is 17.0 Å². The number of carbonyl (C=O) groups is 3. The number of fused-ring (bicyclic) bond motifs is 1. The summed E-state index contributed by atoms with van der Waals surface area (Å²) in [6, 6.07) is 17.1. The van der Waals surface area contributed by atoms with Crippen LogP contribution in [0.5, 0.6) is 0 Å². The predicted molar refractivity (Wildman–Crippen MR) is 144 cm³/mol. The minimum absolute atomic E-state index is 0.0267. The van der Waals surface area contributed by atoms with Crippen LogP contribution in [0.15, 0.2) is 73.2 Å². The number of rotatable bonds is 5. The fourth-order valence-electron chi connectivity index (χ4n) is 4.65. The van der Waals surface area contributed by atoms with Crippen molar-refractivity contribution in [1.82, 2.24) is 19.7 Å². The molecule has 196 valence electrons. The number of nitrogens with zero attached hydrogens (tertiary/aromatic N) is 4. The van der Waals surface area contributed by atoms with E-state index in [2.05, 4.69) is 22.2 Å². The van der Waals surface area contributed by atoms with Gasteiger partial charge in [-0.3, -0.25) is 19.3 Å². The van der Waals surface area contributed by atoms with Crippen molar-refractivity contribution in [2.24, 2.45) is 18.7 Å². The lowest BCUT2D eigenvalue weighted by Gasteiger charge is -2.21. The van der Waals surface area contributed by atoms with Crippen LogP contribution >= 0.6 is 0 Å². The fourth-order valence-corrected chi connectivity index (χ4v) is 4.65. The van der Waals surface area contributed by atoms with Crippen LogP contribution in [-0.2, 0) is 13.5 Å². The molecule has 2 aromatic carbocycles. The highest BCUT2D eigenvalue weighted by molar-refractivity contribution is 5.99. The van der Waals surface area contributed by atoms with Gasteiger partial charge >= 0.3 is 5.97 Å². The molecule has 1 saturated heterocycles. The Hall–Kier alpha value is -4.53. The molecule has 38 heavy (non-hydrogen) atoms. The Bertz CT molecular complexity index is 1450. The molecule has 2 amide bonds. The smallest absolute Gasteiger partial charge is 0.338 e. The molecular weight excluding hydrogens is 482 g/mol. The summed E-state index contributed by atoms with van der Waals surface area (Å²) in [6.45, 7) is 1.47. The average molecular weight is 514 g/mol. The average Bonchev–Trinajstić information content (AvgIpc) is 3.23. The number of hydrogen-bond donors (Lipinski definition) is 2. The van der Waals surface area contributed by atoms with Gasteiger partial charge in [-0.05, 0) is 67.5 Å². The Labute approximate surface area is 220 Å². The maximum atomic E-state index is 12.9. The molecule has 1 fully saturated rings. The van der Waals surface area contributed by atoms with E-state index in [1.54, 1.807) is 31.3 Å². The Morgan fingerprint density at radius 3 is 2.47 bits per heavy atom. The number of primary amides is 1. The van der Waals surface area contributed by atoms with Gasteiger partial charge in [-0.1, -0.05) is 24.3 Å². The lowest BCUT2D eigenvalue weighted by molar-refractivity contribution is 0.0695. The third kappa shape index (κ3) is 6.82. The molecule has 0 radical (unpaired) electrons. The second-order valence-corrected chi connectivity index (χ2v) is 9.48. The molecule has 3 N–H and O–H groups in total. The van der Waals surface area contributed by atoms with Crippen LogP contribution in [0.3, 0.4) is 0 Å². The van der Waals surface area contributed by atoms with Gasteiger partial charge in [-0.15, -0.1) is 0 Å². The monoisotopic (exact) mass is 513 g/mol. The van der Waals surface area contributed by atoms with E-state index in [9.17, 15) is 14.4 Å². The second kappa shape index (κ2) is 12.1. The number of pyridine rings is 1. The van der Waals surface area contributed by atoms with Crippen LogP contribution in [0, 0.1) is 5.92 Å². The number of amides is 2. The van der Waals surface area contributed by atoms with Gasteiger partial charge in [-0.2, -0.15) is 5.10 Å². The van der Waals surface area contributed by atoms with Gasteiger partial charge in [0.1, 0.15) is 0 Å². The van der Waals surface area contributed by atoms with Crippen molar-refractivity contribution in [3.05, 3.63) is 95.4 Å². The van der Waals surface area contributed by atoms with Gasteiger partial charge in [0.25, 0.3) is 5.91 Å². The largest absolute Gasteiger partial charge is 0.478 e. The van der Waals surface area contributed by atoms with Crippen LogP contribution in [0.2, 0.25) is 0 Å². The summed E-state index contributed by atoms with van der Waals surface area (Å²) >= 11 is 0. The topological polar surface area (TPSA) is 131 Å². The zero-order valence-corrected chi connectivity index (χ0v) is 21.3. The Morgan fingerprint density at radius 1 is 0.974 bits per heavy atom. The number of carboxylic acid groups (broad SMARTS) is 1. The second-order valence-electron chi connectivity index (χ2n) is 9.48. The molecule has 9 nitrogen and oxygen atoms in total. The SMILES string of the molecule is Cn1cc(C(=O)O)cn1.NC(=O)c1cccc(C(=O)N2CCCC(Cc3cnc4ccccc4c3)CC2)c1. The first kappa shape index (κ1) is 26.5. The first-order chi connectivity index (χ1) is 18.3. The molecule has 5 rings (SSSR count). The fraction of sp³-hybridized carbons (Fsp3) is 0.276. The van der Waals surface area contributed by atoms with Crippen LogP contribution in [0.1, 0.15) is 55.9 Å². The standard InChI is InChI=1S/C24H25N3O2.C5H6N2O2/c25-23(28)20-7-3-8-21(15-20)24(29)27-11-4-5-17(10-12-27)13-18-14-19-6-1-2-9-22(19)26-16-18;1-7-3-4(2-6-7)5(8)9/h1-3,6-9,14-17H,4-5,10-13H2,(H2,25,28);2-3H,1H3,(H,8,9). The van der Waals surface area contributed by atoms with Crippen LogP contribution < -0.4 is 5.73 Å². The Kier molecular flexibility index (Phi) is 8.47. The number of aromatic nitrogens is 3. The van der Waals surface area contributed by atoms with Gasteiger partial charge in [0.15, 0.2) is 0 Å². The lowest BCUT2D eigenvalue weighted by atomic mass is 9.93. The molecule has 1 unspecified atom stereocenters. The number of nitrogens with two attached hydrogens (primary N) is 1. The maximum Gasteiger partial charge on any atom is 0.338 e. The van der Waals surface area contributed by atoms with E-state index in [1.165, 1.54) is 28.0 Å². The molecule has 2 aromatic heterocycles. The molecular formula is C29H31N5O4. The molecule has 0 aliphatic carbocycles. The van der Waals surface area contributed by atoms with E-state index in [0.717, 1.165) is 44.3 Å². The molecule has 0 bridgehead atoms. The number of carboxylic acids is 1. The summed E-state index contributed by atoms with van der Waals surface area (Å²) < 4.78 is 1.45. The summed E-state index contributed by atoms with van der Waals surface area (Å²) in [5.74, 6) is -0.948. The highest BCUT2D eigenvalue weighted by atomic mass is 16.4. The van der Waals surface area contributed by atoms with Crippen molar-refractivity contribution in [2.45, 2.75) is 25.7 Å². The molecule has 0 saturated carbocycles. The highest BCUT2D eigenvalue weighted by Crippen LogP contribution is 2.24. The van der Waals surface area contributed by atoms with E-state index in [-0.39, 0.29) is 11.5 Å². The lowest BCUT2D eigenvalue weighted by Crippen LogP contribution is -2.32.